The summed E-state index contributed by atoms with van der Waals surface area (Å²) in [6, 6.07) is 9.44. The molecule has 0 saturated heterocycles. The van der Waals surface area contributed by atoms with Crippen LogP contribution in [0.2, 0.25) is 0 Å². The number of furan rings is 1. The number of aryl methyl sites for hydroxylation is 1. The molecule has 0 fully saturated rings. The van der Waals surface area contributed by atoms with Gasteiger partial charge in [-0.1, -0.05) is 13.3 Å². The van der Waals surface area contributed by atoms with E-state index in [4.69, 9.17) is 13.6 Å². The summed E-state index contributed by atoms with van der Waals surface area (Å²) in [5.74, 6) is 1.73. The van der Waals surface area contributed by atoms with Crippen molar-refractivity contribution in [3.63, 3.8) is 0 Å². The molecule has 0 amide bonds. The number of hydrogen-bond donors (Lipinski definition) is 1. The second kappa shape index (κ2) is 6.17. The summed E-state index contributed by atoms with van der Waals surface area (Å²) in [7, 11) is 0. The van der Waals surface area contributed by atoms with Crippen molar-refractivity contribution in [2.45, 2.75) is 32.9 Å². The number of rotatable bonds is 4. The lowest BCUT2D eigenvalue weighted by molar-refractivity contribution is -0.946. The standard InChI is InChI=1S/C19H19NO4/c1-2-4-13-9-18(21)24-19-15(13)6-7-17-16(19)11-20(12-23-17)10-14-5-3-8-22-14/h3,5-9H,2,4,10-12H2,1H3/p+1. The Labute approximate surface area is 139 Å². The molecule has 1 unspecified atom stereocenters. The van der Waals surface area contributed by atoms with Gasteiger partial charge in [0, 0.05) is 11.5 Å². The van der Waals surface area contributed by atoms with E-state index in [9.17, 15) is 4.79 Å². The average molecular weight is 326 g/mol. The Morgan fingerprint density at radius 3 is 2.96 bits per heavy atom. The molecule has 3 heterocycles. The molecule has 5 nitrogen and oxygen atoms in total. The quantitative estimate of drug-likeness (QED) is 0.747. The molecule has 2 aromatic heterocycles. The largest absolute Gasteiger partial charge is 0.463 e. The minimum atomic E-state index is -0.294. The zero-order chi connectivity index (χ0) is 16.5. The highest BCUT2D eigenvalue weighted by Crippen LogP contribution is 2.30. The van der Waals surface area contributed by atoms with E-state index in [0.29, 0.717) is 12.3 Å². The zero-order valence-corrected chi connectivity index (χ0v) is 13.6. The maximum absolute atomic E-state index is 12.0. The fourth-order valence-electron chi connectivity index (χ4n) is 3.36. The van der Waals surface area contributed by atoms with Crippen LogP contribution in [0.4, 0.5) is 0 Å². The van der Waals surface area contributed by atoms with E-state index < -0.39 is 0 Å². The van der Waals surface area contributed by atoms with Crippen LogP contribution in [0.15, 0.2) is 50.2 Å². The van der Waals surface area contributed by atoms with Crippen LogP contribution < -0.4 is 15.3 Å². The van der Waals surface area contributed by atoms with Gasteiger partial charge in [-0.25, -0.2) is 4.79 Å². The maximum Gasteiger partial charge on any atom is 0.336 e. The Kier molecular flexibility index (Phi) is 3.86. The first-order valence-electron chi connectivity index (χ1n) is 8.32. The van der Waals surface area contributed by atoms with Crippen molar-refractivity contribution in [3.05, 3.63) is 63.9 Å². The van der Waals surface area contributed by atoms with Gasteiger partial charge in [0.15, 0.2) is 11.3 Å². The van der Waals surface area contributed by atoms with Crippen molar-refractivity contribution in [1.82, 2.24) is 0 Å². The zero-order valence-electron chi connectivity index (χ0n) is 13.6. The Balaban J connectivity index is 1.75. The molecule has 1 aliphatic rings. The third kappa shape index (κ3) is 2.71. The molecule has 5 heteroatoms. The first-order valence-corrected chi connectivity index (χ1v) is 8.32. The van der Waals surface area contributed by atoms with E-state index in [1.807, 2.05) is 24.3 Å². The van der Waals surface area contributed by atoms with Gasteiger partial charge in [-0.15, -0.1) is 0 Å². The van der Waals surface area contributed by atoms with Crippen LogP contribution in [-0.2, 0) is 19.5 Å². The van der Waals surface area contributed by atoms with Crippen molar-refractivity contribution < 1.29 is 18.5 Å². The third-order valence-corrected chi connectivity index (χ3v) is 4.44. The van der Waals surface area contributed by atoms with Crippen molar-refractivity contribution >= 4 is 11.0 Å². The monoisotopic (exact) mass is 326 g/mol. The number of quaternary nitrogens is 1. The number of ether oxygens (including phenoxy) is 1. The van der Waals surface area contributed by atoms with Gasteiger partial charge >= 0.3 is 5.63 Å². The predicted molar refractivity (Wildman–Crippen MR) is 89.1 cm³/mol. The van der Waals surface area contributed by atoms with Gasteiger partial charge in [-0.3, -0.25) is 4.90 Å². The van der Waals surface area contributed by atoms with Gasteiger partial charge in [0.25, 0.3) is 0 Å². The molecule has 0 saturated carbocycles. The Morgan fingerprint density at radius 1 is 1.25 bits per heavy atom. The van der Waals surface area contributed by atoms with Crippen LogP contribution in [0.1, 0.15) is 30.2 Å². The van der Waals surface area contributed by atoms with Crippen LogP contribution in [0.25, 0.3) is 11.0 Å². The Hall–Kier alpha value is -2.53. The highest BCUT2D eigenvalue weighted by molar-refractivity contribution is 5.85. The van der Waals surface area contributed by atoms with E-state index in [0.717, 1.165) is 54.0 Å². The molecule has 1 N–H and O–H groups in total. The number of fused-ring (bicyclic) bond motifs is 3. The second-order valence-corrected chi connectivity index (χ2v) is 6.23. The van der Waals surface area contributed by atoms with Crippen LogP contribution >= 0.6 is 0 Å². The summed E-state index contributed by atoms with van der Waals surface area (Å²) in [5.41, 5.74) is 2.39. The molecule has 1 aromatic carbocycles. The molecule has 0 spiro atoms. The van der Waals surface area contributed by atoms with Crippen LogP contribution in [0, 0.1) is 0 Å². The van der Waals surface area contributed by atoms with Gasteiger partial charge in [0.2, 0.25) is 6.73 Å². The molecule has 1 atom stereocenters. The molecule has 1 aliphatic heterocycles. The molecular formula is C19H20NO4+. The third-order valence-electron chi connectivity index (χ3n) is 4.44. The van der Waals surface area contributed by atoms with Gasteiger partial charge in [-0.05, 0) is 36.2 Å². The smallest absolute Gasteiger partial charge is 0.336 e. The SMILES string of the molecule is CCCc1cc(=O)oc2c3c(ccc12)OC[NH+](Cc1ccco1)C3. The van der Waals surface area contributed by atoms with Crippen molar-refractivity contribution in [2.24, 2.45) is 0 Å². The minimum Gasteiger partial charge on any atom is -0.463 e. The molecule has 4 rings (SSSR count). The summed E-state index contributed by atoms with van der Waals surface area (Å²) >= 11 is 0. The molecule has 3 aromatic rings. The second-order valence-electron chi connectivity index (χ2n) is 6.23. The van der Waals surface area contributed by atoms with Crippen molar-refractivity contribution in [3.8, 4) is 5.75 Å². The first kappa shape index (κ1) is 15.0. The van der Waals surface area contributed by atoms with Gasteiger partial charge in [0.05, 0.1) is 11.8 Å². The van der Waals surface area contributed by atoms with Crippen molar-refractivity contribution in [1.29, 1.82) is 0 Å². The molecular weight excluding hydrogens is 306 g/mol. The number of nitrogens with one attached hydrogen (secondary N) is 1. The van der Waals surface area contributed by atoms with E-state index in [2.05, 4.69) is 6.92 Å². The van der Waals surface area contributed by atoms with Crippen LogP contribution in [0.5, 0.6) is 5.75 Å². The van der Waals surface area contributed by atoms with Gasteiger partial charge < -0.3 is 13.6 Å². The first-order chi connectivity index (χ1) is 11.7. The van der Waals surface area contributed by atoms with E-state index in [1.54, 1.807) is 12.3 Å². The highest BCUT2D eigenvalue weighted by Gasteiger charge is 2.25. The van der Waals surface area contributed by atoms with Crippen LogP contribution in [-0.4, -0.2) is 6.73 Å². The van der Waals surface area contributed by atoms with E-state index in [-0.39, 0.29) is 5.63 Å². The Morgan fingerprint density at radius 2 is 2.17 bits per heavy atom. The lowest BCUT2D eigenvalue weighted by Crippen LogP contribution is -3.10. The van der Waals surface area contributed by atoms with Crippen LogP contribution in [0.3, 0.4) is 0 Å². The lowest BCUT2D eigenvalue weighted by Gasteiger charge is -2.26. The summed E-state index contributed by atoms with van der Waals surface area (Å²) in [4.78, 5) is 13.2. The summed E-state index contributed by atoms with van der Waals surface area (Å²) in [6.45, 7) is 4.16. The van der Waals surface area contributed by atoms with Crippen molar-refractivity contribution in [2.75, 3.05) is 6.73 Å². The minimum absolute atomic E-state index is 0.294. The maximum atomic E-state index is 12.0. The molecule has 0 bridgehead atoms. The number of hydrogen-bond acceptors (Lipinski definition) is 4. The normalized spacial score (nSPS) is 16.8. The lowest BCUT2D eigenvalue weighted by atomic mass is 10.0. The summed E-state index contributed by atoms with van der Waals surface area (Å²) in [5, 5.41) is 1.01. The van der Waals surface area contributed by atoms with E-state index >= 15 is 0 Å². The fourth-order valence-corrected chi connectivity index (χ4v) is 3.36. The molecule has 124 valence electrons. The summed E-state index contributed by atoms with van der Waals surface area (Å²) < 4.78 is 16.9. The Bertz CT molecular complexity index is 911. The molecule has 0 radical (unpaired) electrons. The summed E-state index contributed by atoms with van der Waals surface area (Å²) in [6.07, 6.45) is 3.53. The topological polar surface area (TPSA) is 57.0 Å². The average Bonchev–Trinajstić information content (AvgIpc) is 3.08. The number of benzene rings is 1. The fraction of sp³-hybridized carbons (Fsp3) is 0.316. The van der Waals surface area contributed by atoms with E-state index in [1.165, 1.54) is 4.90 Å². The molecule has 0 aliphatic carbocycles. The predicted octanol–water partition coefficient (Wildman–Crippen LogP) is 2.27. The van der Waals surface area contributed by atoms with Gasteiger partial charge in [-0.2, -0.15) is 0 Å². The van der Waals surface area contributed by atoms with Gasteiger partial charge in [0.1, 0.15) is 18.8 Å². The highest BCUT2D eigenvalue weighted by atomic mass is 16.5. The molecule has 24 heavy (non-hydrogen) atoms.